The molecule has 1 amide bonds. The number of likely N-dealkylation sites (tertiary alicyclic amines) is 1. The summed E-state index contributed by atoms with van der Waals surface area (Å²) in [5.74, 6) is 2.13. The van der Waals surface area contributed by atoms with Crippen LogP contribution in [0.5, 0.6) is 0 Å². The summed E-state index contributed by atoms with van der Waals surface area (Å²) >= 11 is 0. The van der Waals surface area contributed by atoms with Gasteiger partial charge in [-0.25, -0.2) is 9.97 Å². The third kappa shape index (κ3) is 3.72. The highest BCUT2D eigenvalue weighted by atomic mass is 16.2. The Morgan fingerprint density at radius 3 is 2.52 bits per heavy atom. The predicted octanol–water partition coefficient (Wildman–Crippen LogP) is 1.02. The van der Waals surface area contributed by atoms with E-state index in [-0.39, 0.29) is 11.9 Å². The number of hydrogen-bond donors (Lipinski definition) is 1. The molecule has 1 N–H and O–H groups in total. The highest BCUT2D eigenvalue weighted by Gasteiger charge is 2.46. The topological polar surface area (TPSA) is 64.6 Å². The van der Waals surface area contributed by atoms with Gasteiger partial charge in [0.2, 0.25) is 11.9 Å². The van der Waals surface area contributed by atoms with Gasteiger partial charge in [0.15, 0.2) is 0 Å². The number of carbonyl (C=O) groups is 1. The smallest absolute Gasteiger partial charge is 0.237 e. The van der Waals surface area contributed by atoms with Crippen LogP contribution in [0.15, 0.2) is 48.8 Å². The first-order chi connectivity index (χ1) is 14.3. The lowest BCUT2D eigenvalue weighted by Gasteiger charge is -2.36. The van der Waals surface area contributed by atoms with Crippen molar-refractivity contribution in [3.63, 3.8) is 0 Å². The molecule has 1 aromatic carbocycles. The summed E-state index contributed by atoms with van der Waals surface area (Å²) in [4.78, 5) is 28.6. The van der Waals surface area contributed by atoms with Crippen molar-refractivity contribution in [1.29, 1.82) is 0 Å². The molecule has 0 bridgehead atoms. The maximum Gasteiger partial charge on any atom is 0.237 e. The van der Waals surface area contributed by atoms with Crippen LogP contribution in [0.25, 0.3) is 0 Å². The van der Waals surface area contributed by atoms with E-state index in [2.05, 4.69) is 54.2 Å². The SMILES string of the molecule is O=C(CN1CCN(c2ncccn2)CC1)N1C[C@@H]2CNC[C@@H]2[C@H]1c1ccccc1. The Kier molecular flexibility index (Phi) is 5.16. The molecule has 0 aliphatic carbocycles. The van der Waals surface area contributed by atoms with Gasteiger partial charge in [-0.05, 0) is 17.5 Å². The Balaban J connectivity index is 1.23. The third-order valence-electron chi connectivity index (χ3n) is 6.59. The van der Waals surface area contributed by atoms with Crippen molar-refractivity contribution in [3.8, 4) is 0 Å². The number of anilines is 1. The van der Waals surface area contributed by atoms with Crippen LogP contribution in [-0.2, 0) is 4.79 Å². The number of aromatic nitrogens is 2. The predicted molar refractivity (Wildman–Crippen MR) is 111 cm³/mol. The number of piperazine rings is 1. The van der Waals surface area contributed by atoms with Crippen molar-refractivity contribution in [2.75, 3.05) is 57.3 Å². The van der Waals surface area contributed by atoms with Gasteiger partial charge in [0, 0.05) is 64.1 Å². The lowest BCUT2D eigenvalue weighted by atomic mass is 9.89. The summed E-state index contributed by atoms with van der Waals surface area (Å²) < 4.78 is 0. The van der Waals surface area contributed by atoms with Gasteiger partial charge in [-0.3, -0.25) is 9.69 Å². The molecule has 152 valence electrons. The first-order valence-electron chi connectivity index (χ1n) is 10.6. The summed E-state index contributed by atoms with van der Waals surface area (Å²) in [6.07, 6.45) is 3.56. The van der Waals surface area contributed by atoms with Crippen LogP contribution in [-0.4, -0.2) is 78.0 Å². The maximum atomic E-state index is 13.3. The van der Waals surface area contributed by atoms with Gasteiger partial charge in [0.05, 0.1) is 12.6 Å². The second kappa shape index (κ2) is 8.08. The monoisotopic (exact) mass is 392 g/mol. The van der Waals surface area contributed by atoms with E-state index in [0.29, 0.717) is 18.4 Å². The van der Waals surface area contributed by atoms with E-state index in [0.717, 1.165) is 51.8 Å². The van der Waals surface area contributed by atoms with Gasteiger partial charge in [-0.2, -0.15) is 0 Å². The average Bonchev–Trinajstić information content (AvgIpc) is 3.37. The number of amides is 1. The summed E-state index contributed by atoms with van der Waals surface area (Å²) in [5, 5.41) is 3.52. The fourth-order valence-corrected chi connectivity index (χ4v) is 5.10. The van der Waals surface area contributed by atoms with E-state index in [1.54, 1.807) is 12.4 Å². The molecule has 2 aromatic rings. The van der Waals surface area contributed by atoms with E-state index in [9.17, 15) is 4.79 Å². The first-order valence-corrected chi connectivity index (χ1v) is 10.6. The summed E-state index contributed by atoms with van der Waals surface area (Å²) in [5.41, 5.74) is 1.27. The molecule has 3 aliphatic heterocycles. The number of fused-ring (bicyclic) bond motifs is 1. The molecule has 3 fully saturated rings. The first kappa shape index (κ1) is 18.5. The number of benzene rings is 1. The fourth-order valence-electron chi connectivity index (χ4n) is 5.10. The molecule has 0 spiro atoms. The minimum atomic E-state index is 0.197. The molecule has 7 heteroatoms. The molecule has 1 aromatic heterocycles. The van der Waals surface area contributed by atoms with Crippen molar-refractivity contribution in [2.24, 2.45) is 11.8 Å². The number of nitrogens with zero attached hydrogens (tertiary/aromatic N) is 5. The van der Waals surface area contributed by atoms with Gasteiger partial charge >= 0.3 is 0 Å². The minimum absolute atomic E-state index is 0.197. The maximum absolute atomic E-state index is 13.3. The second-order valence-corrected chi connectivity index (χ2v) is 8.30. The molecule has 4 heterocycles. The molecule has 5 rings (SSSR count). The third-order valence-corrected chi connectivity index (χ3v) is 6.59. The molecule has 3 saturated heterocycles. The van der Waals surface area contributed by atoms with Crippen molar-refractivity contribution in [1.82, 2.24) is 25.1 Å². The zero-order valence-electron chi connectivity index (χ0n) is 16.7. The Labute approximate surface area is 171 Å². The number of rotatable bonds is 4. The summed E-state index contributed by atoms with van der Waals surface area (Å²) in [6.45, 7) is 6.83. The Bertz CT molecular complexity index is 824. The van der Waals surface area contributed by atoms with Crippen LogP contribution in [0.2, 0.25) is 0 Å². The molecule has 7 nitrogen and oxygen atoms in total. The number of nitrogens with one attached hydrogen (secondary N) is 1. The van der Waals surface area contributed by atoms with E-state index < -0.39 is 0 Å². The molecular weight excluding hydrogens is 364 g/mol. The summed E-state index contributed by atoms with van der Waals surface area (Å²) in [7, 11) is 0. The second-order valence-electron chi connectivity index (χ2n) is 8.30. The quantitative estimate of drug-likeness (QED) is 0.838. The van der Waals surface area contributed by atoms with E-state index in [4.69, 9.17) is 0 Å². The molecule has 0 radical (unpaired) electrons. The van der Waals surface area contributed by atoms with Crippen LogP contribution in [0.3, 0.4) is 0 Å². The largest absolute Gasteiger partial charge is 0.338 e. The number of carbonyl (C=O) groups excluding carboxylic acids is 1. The summed E-state index contributed by atoms with van der Waals surface area (Å²) in [6, 6.07) is 12.6. The van der Waals surface area contributed by atoms with Gasteiger partial charge in [-0.15, -0.1) is 0 Å². The molecular formula is C22H28N6O. The lowest BCUT2D eigenvalue weighted by molar-refractivity contribution is -0.134. The Morgan fingerprint density at radius 1 is 1.00 bits per heavy atom. The van der Waals surface area contributed by atoms with Crippen molar-refractivity contribution in [3.05, 3.63) is 54.4 Å². The highest BCUT2D eigenvalue weighted by molar-refractivity contribution is 5.79. The molecule has 0 unspecified atom stereocenters. The van der Waals surface area contributed by atoms with Gasteiger partial charge < -0.3 is 15.1 Å². The standard InChI is InChI=1S/C22H28N6O/c29-20(16-26-9-11-27(12-10-26)22-24-7-4-8-25-22)28-15-18-13-23-14-19(18)21(28)17-5-2-1-3-6-17/h1-8,18-19,21,23H,9-16H2/t18-,19-,21+/m0/s1. The van der Waals surface area contributed by atoms with Crippen LogP contribution in [0.1, 0.15) is 11.6 Å². The average molecular weight is 393 g/mol. The zero-order valence-corrected chi connectivity index (χ0v) is 16.7. The van der Waals surface area contributed by atoms with Crippen LogP contribution in [0, 0.1) is 11.8 Å². The molecule has 0 saturated carbocycles. The van der Waals surface area contributed by atoms with E-state index >= 15 is 0 Å². The van der Waals surface area contributed by atoms with Gasteiger partial charge in [-0.1, -0.05) is 30.3 Å². The minimum Gasteiger partial charge on any atom is -0.338 e. The van der Waals surface area contributed by atoms with Crippen LogP contribution >= 0.6 is 0 Å². The molecule has 3 atom stereocenters. The van der Waals surface area contributed by atoms with Crippen LogP contribution in [0.4, 0.5) is 5.95 Å². The lowest BCUT2D eigenvalue weighted by Crippen LogP contribution is -2.50. The van der Waals surface area contributed by atoms with Crippen molar-refractivity contribution in [2.45, 2.75) is 6.04 Å². The van der Waals surface area contributed by atoms with Crippen molar-refractivity contribution >= 4 is 11.9 Å². The van der Waals surface area contributed by atoms with Crippen LogP contribution < -0.4 is 10.2 Å². The fraction of sp³-hybridized carbons (Fsp3) is 0.500. The van der Waals surface area contributed by atoms with E-state index in [1.165, 1.54) is 5.56 Å². The highest BCUT2D eigenvalue weighted by Crippen LogP contribution is 2.42. The molecule has 29 heavy (non-hydrogen) atoms. The van der Waals surface area contributed by atoms with Crippen molar-refractivity contribution < 1.29 is 4.79 Å². The normalized spacial score (nSPS) is 27.2. The Hall–Kier alpha value is -2.51. The zero-order chi connectivity index (χ0) is 19.6. The van der Waals surface area contributed by atoms with Gasteiger partial charge in [0.25, 0.3) is 0 Å². The van der Waals surface area contributed by atoms with E-state index in [1.807, 2.05) is 12.1 Å². The van der Waals surface area contributed by atoms with Gasteiger partial charge in [0.1, 0.15) is 0 Å². The molecule has 3 aliphatic rings. The Morgan fingerprint density at radius 2 is 1.76 bits per heavy atom. The number of hydrogen-bond acceptors (Lipinski definition) is 6.